The van der Waals surface area contributed by atoms with Crippen molar-refractivity contribution in [2.24, 2.45) is 17.8 Å². The van der Waals surface area contributed by atoms with Crippen LogP contribution in [0.5, 0.6) is 0 Å². The smallest absolute Gasteiger partial charge is 0.0571 e. The summed E-state index contributed by atoms with van der Waals surface area (Å²) in [6.07, 6.45) is 4.97. The van der Waals surface area contributed by atoms with Crippen LogP contribution in [-0.4, -0.2) is 16.5 Å². The molecule has 0 amide bonds. The van der Waals surface area contributed by atoms with E-state index in [-0.39, 0.29) is 6.10 Å². The second-order valence-electron chi connectivity index (χ2n) is 4.06. The van der Waals surface area contributed by atoms with Gasteiger partial charge in [-0.3, -0.25) is 0 Å². The molecule has 0 aliphatic heterocycles. The highest BCUT2D eigenvalue weighted by Gasteiger charge is 2.41. The van der Waals surface area contributed by atoms with Crippen LogP contribution in [0.15, 0.2) is 0 Å². The van der Waals surface area contributed by atoms with Crippen molar-refractivity contribution in [3.05, 3.63) is 0 Å². The summed E-state index contributed by atoms with van der Waals surface area (Å²) in [7, 11) is 0. The van der Waals surface area contributed by atoms with Crippen molar-refractivity contribution in [2.75, 3.05) is 5.33 Å². The van der Waals surface area contributed by atoms with Crippen LogP contribution in [0.25, 0.3) is 0 Å². The highest BCUT2D eigenvalue weighted by molar-refractivity contribution is 9.09. The van der Waals surface area contributed by atoms with Gasteiger partial charge in [-0.2, -0.15) is 0 Å². The van der Waals surface area contributed by atoms with E-state index in [2.05, 4.69) is 15.9 Å². The van der Waals surface area contributed by atoms with Crippen molar-refractivity contribution >= 4 is 15.9 Å². The van der Waals surface area contributed by atoms with Gasteiger partial charge in [0.25, 0.3) is 0 Å². The summed E-state index contributed by atoms with van der Waals surface area (Å²) in [5.74, 6) is 2.32. The minimum absolute atomic E-state index is 0.0105. The van der Waals surface area contributed by atoms with Gasteiger partial charge in [0.05, 0.1) is 6.10 Å². The van der Waals surface area contributed by atoms with Gasteiger partial charge in [0.2, 0.25) is 0 Å². The molecule has 0 saturated heterocycles. The number of aliphatic hydroxyl groups is 1. The fraction of sp³-hybridized carbons (Fsp3) is 1.00. The van der Waals surface area contributed by atoms with Crippen molar-refractivity contribution in [2.45, 2.75) is 31.8 Å². The van der Waals surface area contributed by atoms with E-state index in [9.17, 15) is 5.11 Å². The maximum absolute atomic E-state index is 9.68. The zero-order valence-corrected chi connectivity index (χ0v) is 8.26. The third-order valence-electron chi connectivity index (χ3n) is 3.41. The SMILES string of the molecule is O[C@H]1CC[C@@H]2C[C@H](CBr)[C@H]1C2. The molecule has 2 aliphatic rings. The highest BCUT2D eigenvalue weighted by atomic mass is 79.9. The Hall–Kier alpha value is 0.440. The van der Waals surface area contributed by atoms with Crippen molar-refractivity contribution in [3.63, 3.8) is 0 Å². The fourth-order valence-electron chi connectivity index (χ4n) is 2.78. The van der Waals surface area contributed by atoms with E-state index in [1.807, 2.05) is 0 Å². The summed E-state index contributed by atoms with van der Waals surface area (Å²) >= 11 is 3.53. The van der Waals surface area contributed by atoms with Crippen LogP contribution in [0, 0.1) is 17.8 Å². The normalized spacial score (nSPS) is 49.6. The Morgan fingerprint density at radius 3 is 2.82 bits per heavy atom. The third-order valence-corrected chi connectivity index (χ3v) is 4.24. The Morgan fingerprint density at radius 2 is 2.09 bits per heavy atom. The van der Waals surface area contributed by atoms with E-state index < -0.39 is 0 Å². The van der Waals surface area contributed by atoms with E-state index in [1.54, 1.807) is 0 Å². The Labute approximate surface area is 76.3 Å². The van der Waals surface area contributed by atoms with Gasteiger partial charge in [-0.1, -0.05) is 15.9 Å². The summed E-state index contributed by atoms with van der Waals surface area (Å²) in [5.41, 5.74) is 0. The second kappa shape index (κ2) is 3.06. The van der Waals surface area contributed by atoms with Crippen molar-refractivity contribution in [1.82, 2.24) is 0 Å². The predicted octanol–water partition coefficient (Wildman–Crippen LogP) is 2.18. The maximum atomic E-state index is 9.68. The first-order chi connectivity index (χ1) is 5.31. The molecule has 0 radical (unpaired) electrons. The zero-order chi connectivity index (χ0) is 7.84. The summed E-state index contributed by atoms with van der Waals surface area (Å²) in [4.78, 5) is 0. The lowest BCUT2D eigenvalue weighted by molar-refractivity contribution is 0.0640. The van der Waals surface area contributed by atoms with Crippen LogP contribution in [0.2, 0.25) is 0 Å². The minimum Gasteiger partial charge on any atom is -0.393 e. The summed E-state index contributed by atoms with van der Waals surface area (Å²) in [6, 6.07) is 0. The Kier molecular flexibility index (Phi) is 2.24. The molecule has 2 rings (SSSR count). The molecule has 0 aromatic heterocycles. The quantitative estimate of drug-likeness (QED) is 0.670. The van der Waals surface area contributed by atoms with E-state index >= 15 is 0 Å². The summed E-state index contributed by atoms with van der Waals surface area (Å²) < 4.78 is 0. The van der Waals surface area contributed by atoms with E-state index in [0.717, 1.165) is 23.6 Å². The van der Waals surface area contributed by atoms with Crippen LogP contribution in [0.4, 0.5) is 0 Å². The molecule has 64 valence electrons. The first kappa shape index (κ1) is 8.06. The molecule has 0 heterocycles. The summed E-state index contributed by atoms with van der Waals surface area (Å²) in [5, 5.41) is 10.8. The number of fused-ring (bicyclic) bond motifs is 2. The van der Waals surface area contributed by atoms with Gasteiger partial charge < -0.3 is 5.11 Å². The number of hydrogen-bond acceptors (Lipinski definition) is 1. The lowest BCUT2D eigenvalue weighted by Gasteiger charge is -2.26. The lowest BCUT2D eigenvalue weighted by atomic mass is 9.85. The Balaban J connectivity index is 2.06. The molecule has 2 bridgehead atoms. The standard InChI is InChI=1S/C9H15BrO/c10-5-7-3-6-1-2-9(11)8(7)4-6/h6-9,11H,1-5H2/t6-,7-,8-,9+/m1/s1. The van der Waals surface area contributed by atoms with E-state index in [1.165, 1.54) is 19.3 Å². The van der Waals surface area contributed by atoms with Gasteiger partial charge in [-0.05, 0) is 43.4 Å². The molecule has 0 unspecified atom stereocenters. The maximum Gasteiger partial charge on any atom is 0.0571 e. The van der Waals surface area contributed by atoms with Crippen LogP contribution in [-0.2, 0) is 0 Å². The van der Waals surface area contributed by atoms with Gasteiger partial charge in [0, 0.05) is 5.33 Å². The lowest BCUT2D eigenvalue weighted by Crippen LogP contribution is -2.26. The third kappa shape index (κ3) is 1.35. The van der Waals surface area contributed by atoms with Crippen molar-refractivity contribution in [3.8, 4) is 0 Å². The largest absolute Gasteiger partial charge is 0.393 e. The summed E-state index contributed by atoms with van der Waals surface area (Å²) in [6.45, 7) is 0. The van der Waals surface area contributed by atoms with Crippen LogP contribution in [0.3, 0.4) is 0 Å². The fourth-order valence-corrected chi connectivity index (χ4v) is 3.53. The minimum atomic E-state index is 0.0105. The number of alkyl halides is 1. The first-order valence-electron chi connectivity index (χ1n) is 4.55. The van der Waals surface area contributed by atoms with Gasteiger partial charge in [-0.25, -0.2) is 0 Å². The second-order valence-corrected chi connectivity index (χ2v) is 4.71. The number of aliphatic hydroxyl groups excluding tert-OH is 1. The van der Waals surface area contributed by atoms with Crippen LogP contribution in [0.1, 0.15) is 25.7 Å². The molecule has 2 saturated carbocycles. The molecular formula is C9H15BrO. The topological polar surface area (TPSA) is 20.2 Å². The van der Waals surface area contributed by atoms with Gasteiger partial charge >= 0.3 is 0 Å². The zero-order valence-electron chi connectivity index (χ0n) is 6.67. The van der Waals surface area contributed by atoms with Crippen molar-refractivity contribution in [1.29, 1.82) is 0 Å². The molecule has 1 N–H and O–H groups in total. The molecule has 2 fully saturated rings. The van der Waals surface area contributed by atoms with Crippen LogP contribution >= 0.6 is 15.9 Å². The van der Waals surface area contributed by atoms with Gasteiger partial charge in [-0.15, -0.1) is 0 Å². The monoisotopic (exact) mass is 218 g/mol. The molecular weight excluding hydrogens is 204 g/mol. The highest BCUT2D eigenvalue weighted by Crippen LogP contribution is 2.46. The molecule has 0 spiro atoms. The molecule has 2 heteroatoms. The van der Waals surface area contributed by atoms with Crippen molar-refractivity contribution < 1.29 is 5.11 Å². The number of hydrogen-bond donors (Lipinski definition) is 1. The van der Waals surface area contributed by atoms with E-state index in [4.69, 9.17) is 0 Å². The molecule has 11 heavy (non-hydrogen) atoms. The average molecular weight is 219 g/mol. The van der Waals surface area contributed by atoms with E-state index in [0.29, 0.717) is 5.92 Å². The molecule has 2 aliphatic carbocycles. The van der Waals surface area contributed by atoms with Gasteiger partial charge in [0.1, 0.15) is 0 Å². The Bertz CT molecular complexity index is 146. The molecule has 1 nitrogen and oxygen atoms in total. The van der Waals surface area contributed by atoms with Crippen LogP contribution < -0.4 is 0 Å². The predicted molar refractivity (Wildman–Crippen MR) is 48.7 cm³/mol. The molecule has 0 aromatic rings. The van der Waals surface area contributed by atoms with Gasteiger partial charge in [0.15, 0.2) is 0 Å². The first-order valence-corrected chi connectivity index (χ1v) is 5.67. The number of rotatable bonds is 1. The molecule has 0 aromatic carbocycles. The Morgan fingerprint density at radius 1 is 1.27 bits per heavy atom. The average Bonchev–Trinajstić information content (AvgIpc) is 2.37. The number of halogens is 1. The molecule has 4 atom stereocenters.